The van der Waals surface area contributed by atoms with Gasteiger partial charge in [-0.3, -0.25) is 0 Å². The predicted octanol–water partition coefficient (Wildman–Crippen LogP) is 3.60. The first-order valence-electron chi connectivity index (χ1n) is 7.41. The topological polar surface area (TPSA) is 29.3 Å². The van der Waals surface area contributed by atoms with Gasteiger partial charge in [0.1, 0.15) is 0 Å². The van der Waals surface area contributed by atoms with Crippen molar-refractivity contribution in [2.75, 3.05) is 18.0 Å². The van der Waals surface area contributed by atoms with Crippen molar-refractivity contribution in [3.63, 3.8) is 0 Å². The highest BCUT2D eigenvalue weighted by Gasteiger charge is 2.06. The summed E-state index contributed by atoms with van der Waals surface area (Å²) in [7, 11) is 0. The summed E-state index contributed by atoms with van der Waals surface area (Å²) in [6, 6.07) is 19.5. The van der Waals surface area contributed by atoms with E-state index >= 15 is 0 Å². The maximum Gasteiger partial charge on any atom is 0.0429 e. The van der Waals surface area contributed by atoms with Crippen LogP contribution in [-0.2, 0) is 13.0 Å². The standard InChI is InChI=1S/C18H24N2/c1-2-16-9-11-17(12-10-16)15-20(14-6-13-19)18-7-4-3-5-8-18/h3-5,7-12H,2,6,13-15,19H2,1H3. The average Bonchev–Trinajstić information content (AvgIpc) is 2.53. The molecule has 0 heterocycles. The molecule has 20 heavy (non-hydrogen) atoms. The van der Waals surface area contributed by atoms with Crippen LogP contribution in [0.15, 0.2) is 54.6 Å². The molecule has 0 aliphatic rings. The second kappa shape index (κ2) is 7.71. The van der Waals surface area contributed by atoms with E-state index in [0.717, 1.165) is 32.5 Å². The Hall–Kier alpha value is -1.80. The first kappa shape index (κ1) is 14.6. The number of para-hydroxylation sites is 1. The predicted molar refractivity (Wildman–Crippen MR) is 87.0 cm³/mol. The Morgan fingerprint density at radius 1 is 0.900 bits per heavy atom. The van der Waals surface area contributed by atoms with E-state index in [1.54, 1.807) is 0 Å². The van der Waals surface area contributed by atoms with Gasteiger partial charge in [-0.15, -0.1) is 0 Å². The van der Waals surface area contributed by atoms with E-state index in [9.17, 15) is 0 Å². The molecule has 0 aromatic heterocycles. The van der Waals surface area contributed by atoms with Crippen molar-refractivity contribution in [2.45, 2.75) is 26.3 Å². The fourth-order valence-corrected chi connectivity index (χ4v) is 2.32. The van der Waals surface area contributed by atoms with E-state index in [4.69, 9.17) is 5.73 Å². The quantitative estimate of drug-likeness (QED) is 0.831. The van der Waals surface area contributed by atoms with Gasteiger partial charge in [-0.2, -0.15) is 0 Å². The molecule has 2 heteroatoms. The van der Waals surface area contributed by atoms with Gasteiger partial charge in [-0.25, -0.2) is 0 Å². The van der Waals surface area contributed by atoms with E-state index in [-0.39, 0.29) is 0 Å². The number of nitrogens with zero attached hydrogens (tertiary/aromatic N) is 1. The summed E-state index contributed by atoms with van der Waals surface area (Å²) in [4.78, 5) is 2.40. The summed E-state index contributed by atoms with van der Waals surface area (Å²) in [6.45, 7) is 4.86. The van der Waals surface area contributed by atoms with Crippen LogP contribution in [0.4, 0.5) is 5.69 Å². The molecule has 2 aromatic rings. The van der Waals surface area contributed by atoms with E-state index < -0.39 is 0 Å². The van der Waals surface area contributed by atoms with E-state index in [1.807, 2.05) is 0 Å². The number of rotatable bonds is 7. The van der Waals surface area contributed by atoms with Crippen LogP contribution in [0.2, 0.25) is 0 Å². The fourth-order valence-electron chi connectivity index (χ4n) is 2.32. The lowest BCUT2D eigenvalue weighted by Gasteiger charge is -2.25. The van der Waals surface area contributed by atoms with Gasteiger partial charge in [0.15, 0.2) is 0 Å². The third-order valence-corrected chi connectivity index (χ3v) is 3.56. The van der Waals surface area contributed by atoms with Crippen LogP contribution in [-0.4, -0.2) is 13.1 Å². The van der Waals surface area contributed by atoms with E-state index in [0.29, 0.717) is 0 Å². The van der Waals surface area contributed by atoms with Gasteiger partial charge in [0.05, 0.1) is 0 Å². The smallest absolute Gasteiger partial charge is 0.0429 e. The van der Waals surface area contributed by atoms with Crippen LogP contribution >= 0.6 is 0 Å². The average molecular weight is 268 g/mol. The molecule has 0 unspecified atom stereocenters. The second-order valence-corrected chi connectivity index (χ2v) is 5.07. The minimum absolute atomic E-state index is 0.734. The molecule has 0 atom stereocenters. The Morgan fingerprint density at radius 2 is 1.55 bits per heavy atom. The zero-order valence-electron chi connectivity index (χ0n) is 12.3. The zero-order chi connectivity index (χ0) is 14.2. The Morgan fingerprint density at radius 3 is 2.15 bits per heavy atom. The molecule has 0 radical (unpaired) electrons. The zero-order valence-corrected chi connectivity index (χ0v) is 12.3. The number of anilines is 1. The molecule has 0 aliphatic heterocycles. The molecule has 2 N–H and O–H groups in total. The highest BCUT2D eigenvalue weighted by atomic mass is 15.1. The van der Waals surface area contributed by atoms with Crippen LogP contribution < -0.4 is 10.6 Å². The number of benzene rings is 2. The SMILES string of the molecule is CCc1ccc(CN(CCCN)c2ccccc2)cc1. The highest BCUT2D eigenvalue weighted by molar-refractivity contribution is 5.46. The Kier molecular flexibility index (Phi) is 5.63. The molecule has 0 saturated heterocycles. The number of aryl methyl sites for hydroxylation is 1. The van der Waals surface area contributed by atoms with Gasteiger partial charge >= 0.3 is 0 Å². The third kappa shape index (κ3) is 4.10. The maximum absolute atomic E-state index is 5.66. The number of hydrogen-bond donors (Lipinski definition) is 1. The molecule has 0 spiro atoms. The minimum atomic E-state index is 0.734. The largest absolute Gasteiger partial charge is 0.367 e. The Balaban J connectivity index is 2.10. The summed E-state index contributed by atoms with van der Waals surface area (Å²) in [5.74, 6) is 0. The number of nitrogens with two attached hydrogens (primary N) is 1. The molecule has 2 rings (SSSR count). The highest BCUT2D eigenvalue weighted by Crippen LogP contribution is 2.17. The maximum atomic E-state index is 5.66. The second-order valence-electron chi connectivity index (χ2n) is 5.07. The number of hydrogen-bond acceptors (Lipinski definition) is 2. The monoisotopic (exact) mass is 268 g/mol. The molecule has 0 saturated carbocycles. The third-order valence-electron chi connectivity index (χ3n) is 3.56. The van der Waals surface area contributed by atoms with Gasteiger partial charge < -0.3 is 10.6 Å². The van der Waals surface area contributed by atoms with Crippen LogP contribution in [0.1, 0.15) is 24.5 Å². The van der Waals surface area contributed by atoms with E-state index in [2.05, 4.69) is 66.4 Å². The lowest BCUT2D eigenvalue weighted by Crippen LogP contribution is -2.25. The first-order chi connectivity index (χ1) is 9.83. The summed E-state index contributed by atoms with van der Waals surface area (Å²) in [5, 5.41) is 0. The van der Waals surface area contributed by atoms with Crippen molar-refractivity contribution < 1.29 is 0 Å². The summed E-state index contributed by atoms with van der Waals surface area (Å²) in [5.41, 5.74) is 9.66. The van der Waals surface area contributed by atoms with Gasteiger partial charge in [0.25, 0.3) is 0 Å². The summed E-state index contributed by atoms with van der Waals surface area (Å²) < 4.78 is 0. The molecule has 0 fully saturated rings. The Labute approximate surface area is 122 Å². The van der Waals surface area contributed by atoms with Crippen molar-refractivity contribution in [3.8, 4) is 0 Å². The molecular formula is C18H24N2. The lowest BCUT2D eigenvalue weighted by atomic mass is 10.1. The lowest BCUT2D eigenvalue weighted by molar-refractivity contribution is 0.735. The summed E-state index contributed by atoms with van der Waals surface area (Å²) in [6.07, 6.45) is 2.11. The van der Waals surface area contributed by atoms with Crippen molar-refractivity contribution in [1.29, 1.82) is 0 Å². The molecule has 0 amide bonds. The van der Waals surface area contributed by atoms with Crippen molar-refractivity contribution >= 4 is 5.69 Å². The van der Waals surface area contributed by atoms with Crippen molar-refractivity contribution in [1.82, 2.24) is 0 Å². The molecule has 2 nitrogen and oxygen atoms in total. The normalized spacial score (nSPS) is 10.5. The fraction of sp³-hybridized carbons (Fsp3) is 0.333. The van der Waals surface area contributed by atoms with Crippen LogP contribution in [0.25, 0.3) is 0 Å². The van der Waals surface area contributed by atoms with Gasteiger partial charge in [-0.1, -0.05) is 49.4 Å². The molecule has 106 valence electrons. The minimum Gasteiger partial charge on any atom is -0.367 e. The van der Waals surface area contributed by atoms with Crippen molar-refractivity contribution in [2.24, 2.45) is 5.73 Å². The first-order valence-corrected chi connectivity index (χ1v) is 7.41. The summed E-state index contributed by atoms with van der Waals surface area (Å²) >= 11 is 0. The molecule has 2 aromatic carbocycles. The molecular weight excluding hydrogens is 244 g/mol. The molecule has 0 aliphatic carbocycles. The van der Waals surface area contributed by atoms with Gasteiger partial charge in [-0.05, 0) is 42.6 Å². The van der Waals surface area contributed by atoms with E-state index in [1.165, 1.54) is 16.8 Å². The van der Waals surface area contributed by atoms with Crippen molar-refractivity contribution in [3.05, 3.63) is 65.7 Å². The molecule has 0 bridgehead atoms. The Bertz CT molecular complexity index is 491. The van der Waals surface area contributed by atoms with Gasteiger partial charge in [0.2, 0.25) is 0 Å². The van der Waals surface area contributed by atoms with Crippen LogP contribution in [0, 0.1) is 0 Å². The van der Waals surface area contributed by atoms with Crippen LogP contribution in [0.5, 0.6) is 0 Å². The van der Waals surface area contributed by atoms with Crippen LogP contribution in [0.3, 0.4) is 0 Å². The van der Waals surface area contributed by atoms with Gasteiger partial charge in [0, 0.05) is 18.8 Å².